The minimum absolute atomic E-state index is 0.0678. The molecule has 1 heterocycles. The highest BCUT2D eigenvalue weighted by atomic mass is 19.1. The Hall–Kier alpha value is -1.95. The van der Waals surface area contributed by atoms with Crippen LogP contribution in [0, 0.1) is 11.7 Å². The number of halogens is 1. The summed E-state index contributed by atoms with van der Waals surface area (Å²) in [5.74, 6) is -1.52. The Kier molecular flexibility index (Phi) is 4.61. The minimum atomic E-state index is -0.996. The van der Waals surface area contributed by atoms with Gasteiger partial charge < -0.3 is 14.7 Å². The molecule has 2 fully saturated rings. The molecule has 2 unspecified atom stereocenters. The summed E-state index contributed by atoms with van der Waals surface area (Å²) in [6.45, 7) is 0.844. The van der Waals surface area contributed by atoms with Crippen LogP contribution in [-0.2, 0) is 14.3 Å². The second kappa shape index (κ2) is 6.66. The maximum absolute atomic E-state index is 13.0. The van der Waals surface area contributed by atoms with E-state index >= 15 is 0 Å². The number of rotatable bonds is 5. The van der Waals surface area contributed by atoms with Crippen LogP contribution in [-0.4, -0.2) is 47.7 Å². The lowest BCUT2D eigenvalue weighted by atomic mass is 10.0. The molecule has 6 heteroatoms. The summed E-state index contributed by atoms with van der Waals surface area (Å²) in [7, 11) is 0. The SMILES string of the molecule is O=C(O)CN(C(=O)C1CC1c1ccc(F)cc1)C1CCOCC1. The Balaban J connectivity index is 1.68. The number of carboxylic acid groups (broad SMARTS) is 1. The standard InChI is InChI=1S/C17H20FNO4/c18-12-3-1-11(2-4-12)14-9-15(14)17(22)19(10-16(20)21)13-5-7-23-8-6-13/h1-4,13-15H,5-10H2,(H,20,21). The molecule has 1 aliphatic carbocycles. The molecular weight excluding hydrogens is 301 g/mol. The normalized spacial score (nSPS) is 24.2. The first-order valence-electron chi connectivity index (χ1n) is 7.91. The summed E-state index contributed by atoms with van der Waals surface area (Å²) < 4.78 is 18.3. The van der Waals surface area contributed by atoms with Crippen LogP contribution >= 0.6 is 0 Å². The number of hydrogen-bond donors (Lipinski definition) is 1. The third-order valence-electron chi connectivity index (χ3n) is 4.63. The highest BCUT2D eigenvalue weighted by molar-refractivity contribution is 5.86. The number of carbonyl (C=O) groups is 2. The molecule has 0 aromatic heterocycles. The van der Waals surface area contributed by atoms with E-state index in [2.05, 4.69) is 0 Å². The summed E-state index contributed by atoms with van der Waals surface area (Å²) in [4.78, 5) is 25.4. The van der Waals surface area contributed by atoms with Crippen molar-refractivity contribution in [1.82, 2.24) is 4.90 Å². The van der Waals surface area contributed by atoms with Crippen LogP contribution in [0.4, 0.5) is 4.39 Å². The molecule has 0 radical (unpaired) electrons. The molecule has 5 nitrogen and oxygen atoms in total. The number of benzene rings is 1. The number of nitrogens with zero attached hydrogens (tertiary/aromatic N) is 1. The van der Waals surface area contributed by atoms with Crippen molar-refractivity contribution in [3.05, 3.63) is 35.6 Å². The van der Waals surface area contributed by atoms with Crippen LogP contribution in [0.5, 0.6) is 0 Å². The van der Waals surface area contributed by atoms with Gasteiger partial charge in [0.05, 0.1) is 0 Å². The molecule has 3 rings (SSSR count). The number of amides is 1. The third kappa shape index (κ3) is 3.69. The van der Waals surface area contributed by atoms with E-state index < -0.39 is 5.97 Å². The Labute approximate surface area is 134 Å². The number of hydrogen-bond acceptors (Lipinski definition) is 3. The van der Waals surface area contributed by atoms with Gasteiger partial charge in [-0.3, -0.25) is 9.59 Å². The molecule has 23 heavy (non-hydrogen) atoms. The average Bonchev–Trinajstić information content (AvgIpc) is 3.34. The fraction of sp³-hybridized carbons (Fsp3) is 0.529. The molecule has 2 aliphatic rings. The molecule has 1 aromatic rings. The van der Waals surface area contributed by atoms with Gasteiger partial charge in [0.25, 0.3) is 0 Å². The molecule has 124 valence electrons. The molecule has 1 aliphatic heterocycles. The predicted octanol–water partition coefficient (Wildman–Crippen LogP) is 2.02. The van der Waals surface area contributed by atoms with Gasteiger partial charge in [-0.25, -0.2) is 4.39 Å². The van der Waals surface area contributed by atoms with E-state index in [-0.39, 0.29) is 36.1 Å². The van der Waals surface area contributed by atoms with E-state index in [0.29, 0.717) is 32.5 Å². The van der Waals surface area contributed by atoms with Crippen LogP contribution in [0.1, 0.15) is 30.7 Å². The molecule has 0 spiro atoms. The van der Waals surface area contributed by atoms with Crippen LogP contribution < -0.4 is 0 Å². The lowest BCUT2D eigenvalue weighted by Gasteiger charge is -2.33. The topological polar surface area (TPSA) is 66.8 Å². The zero-order chi connectivity index (χ0) is 16.4. The summed E-state index contributed by atoms with van der Waals surface area (Å²) in [5, 5.41) is 9.11. The summed E-state index contributed by atoms with van der Waals surface area (Å²) in [5.41, 5.74) is 0.937. The van der Waals surface area contributed by atoms with Gasteiger partial charge in [-0.15, -0.1) is 0 Å². The van der Waals surface area contributed by atoms with Gasteiger partial charge in [0.15, 0.2) is 0 Å². The predicted molar refractivity (Wildman–Crippen MR) is 80.4 cm³/mol. The van der Waals surface area contributed by atoms with Gasteiger partial charge in [-0.05, 0) is 42.9 Å². The number of carboxylic acids is 1. The molecule has 1 saturated heterocycles. The molecule has 1 N–H and O–H groups in total. The van der Waals surface area contributed by atoms with Gasteiger partial charge in [0, 0.05) is 25.2 Å². The fourth-order valence-electron chi connectivity index (χ4n) is 3.29. The van der Waals surface area contributed by atoms with Crippen LogP contribution in [0.3, 0.4) is 0 Å². The lowest BCUT2D eigenvalue weighted by Crippen LogP contribution is -2.46. The van der Waals surface area contributed by atoms with Crippen LogP contribution in [0.2, 0.25) is 0 Å². The first kappa shape index (κ1) is 15.9. The van der Waals surface area contributed by atoms with E-state index in [1.54, 1.807) is 12.1 Å². The van der Waals surface area contributed by atoms with Crippen molar-refractivity contribution in [2.75, 3.05) is 19.8 Å². The molecule has 1 saturated carbocycles. The van der Waals surface area contributed by atoms with Gasteiger partial charge in [-0.2, -0.15) is 0 Å². The Morgan fingerprint density at radius 1 is 1.22 bits per heavy atom. The smallest absolute Gasteiger partial charge is 0.323 e. The summed E-state index contributed by atoms with van der Waals surface area (Å²) >= 11 is 0. The summed E-state index contributed by atoms with van der Waals surface area (Å²) in [6, 6.07) is 6.11. The van der Waals surface area contributed by atoms with Gasteiger partial charge in [-0.1, -0.05) is 12.1 Å². The van der Waals surface area contributed by atoms with Crippen molar-refractivity contribution in [2.45, 2.75) is 31.2 Å². The Morgan fingerprint density at radius 3 is 2.48 bits per heavy atom. The molecular formula is C17H20FNO4. The quantitative estimate of drug-likeness (QED) is 0.901. The highest BCUT2D eigenvalue weighted by Gasteiger charge is 2.47. The largest absolute Gasteiger partial charge is 0.480 e. The highest BCUT2D eigenvalue weighted by Crippen LogP contribution is 2.48. The van der Waals surface area contributed by atoms with Crippen LogP contribution in [0.15, 0.2) is 24.3 Å². The number of ether oxygens (including phenoxy) is 1. The summed E-state index contributed by atoms with van der Waals surface area (Å²) in [6.07, 6.45) is 2.05. The second-order valence-corrected chi connectivity index (χ2v) is 6.20. The monoisotopic (exact) mass is 321 g/mol. The van der Waals surface area contributed by atoms with Crippen molar-refractivity contribution < 1.29 is 23.8 Å². The fourth-order valence-corrected chi connectivity index (χ4v) is 3.29. The van der Waals surface area contributed by atoms with Crippen molar-refractivity contribution in [3.8, 4) is 0 Å². The van der Waals surface area contributed by atoms with E-state index in [9.17, 15) is 14.0 Å². The third-order valence-corrected chi connectivity index (χ3v) is 4.63. The van der Waals surface area contributed by atoms with E-state index in [1.165, 1.54) is 17.0 Å². The Bertz CT molecular complexity index is 583. The van der Waals surface area contributed by atoms with Gasteiger partial charge in [0.1, 0.15) is 12.4 Å². The number of carbonyl (C=O) groups excluding carboxylic acids is 1. The molecule has 2 atom stereocenters. The first-order chi connectivity index (χ1) is 11.1. The molecule has 1 amide bonds. The van der Waals surface area contributed by atoms with Gasteiger partial charge in [0.2, 0.25) is 5.91 Å². The molecule has 1 aromatic carbocycles. The van der Waals surface area contributed by atoms with Crippen molar-refractivity contribution >= 4 is 11.9 Å². The van der Waals surface area contributed by atoms with Crippen molar-refractivity contribution in [2.24, 2.45) is 5.92 Å². The van der Waals surface area contributed by atoms with Crippen molar-refractivity contribution in [3.63, 3.8) is 0 Å². The average molecular weight is 321 g/mol. The zero-order valence-corrected chi connectivity index (χ0v) is 12.8. The maximum Gasteiger partial charge on any atom is 0.323 e. The van der Waals surface area contributed by atoms with Crippen LogP contribution in [0.25, 0.3) is 0 Å². The van der Waals surface area contributed by atoms with E-state index in [0.717, 1.165) is 5.56 Å². The second-order valence-electron chi connectivity index (χ2n) is 6.20. The van der Waals surface area contributed by atoms with E-state index in [1.807, 2.05) is 0 Å². The van der Waals surface area contributed by atoms with Gasteiger partial charge >= 0.3 is 5.97 Å². The number of aliphatic carboxylic acids is 1. The lowest BCUT2D eigenvalue weighted by molar-refractivity contribution is -0.148. The molecule has 0 bridgehead atoms. The first-order valence-corrected chi connectivity index (χ1v) is 7.91. The maximum atomic E-state index is 13.0. The zero-order valence-electron chi connectivity index (χ0n) is 12.8. The minimum Gasteiger partial charge on any atom is -0.480 e. The Morgan fingerprint density at radius 2 is 1.87 bits per heavy atom. The van der Waals surface area contributed by atoms with E-state index in [4.69, 9.17) is 9.84 Å². The van der Waals surface area contributed by atoms with Crippen molar-refractivity contribution in [1.29, 1.82) is 0 Å².